The zero-order chi connectivity index (χ0) is 22.1. The van der Waals surface area contributed by atoms with Crippen molar-refractivity contribution in [1.82, 2.24) is 0 Å². The molecule has 5 heteroatoms. The molecule has 0 atom stereocenters. The van der Waals surface area contributed by atoms with E-state index in [0.717, 1.165) is 41.8 Å². The maximum Gasteiger partial charge on any atom is 0.161 e. The van der Waals surface area contributed by atoms with E-state index in [9.17, 15) is 8.42 Å². The van der Waals surface area contributed by atoms with E-state index in [1.54, 1.807) is 0 Å². The first-order chi connectivity index (χ1) is 14.3. The van der Waals surface area contributed by atoms with Gasteiger partial charge >= 0.3 is 0 Å². The van der Waals surface area contributed by atoms with Crippen LogP contribution in [-0.2, 0) is 9.84 Å². The summed E-state index contributed by atoms with van der Waals surface area (Å²) in [6.07, 6.45) is 6.44. The summed E-state index contributed by atoms with van der Waals surface area (Å²) in [7, 11) is 4.64. The number of sulfone groups is 1. The van der Waals surface area contributed by atoms with Crippen LogP contribution in [0.1, 0.15) is 61.8 Å². The van der Waals surface area contributed by atoms with Gasteiger partial charge in [-0.1, -0.05) is 63.3 Å². The highest BCUT2D eigenvalue weighted by molar-refractivity contribution is 7.91. The molecule has 166 valence electrons. The van der Waals surface area contributed by atoms with Crippen LogP contribution in [0.2, 0.25) is 0 Å². The van der Waals surface area contributed by atoms with Crippen LogP contribution in [0.25, 0.3) is 0 Å². The normalized spacial score (nSPS) is 11.7. The number of anilines is 2. The molecule has 2 aromatic carbocycles. The summed E-state index contributed by atoms with van der Waals surface area (Å²) < 4.78 is 26.9. The van der Waals surface area contributed by atoms with E-state index in [1.165, 1.54) is 19.3 Å². The van der Waals surface area contributed by atoms with Gasteiger partial charge in [0.1, 0.15) is 5.25 Å². The molecule has 0 saturated carbocycles. The van der Waals surface area contributed by atoms with E-state index in [0.29, 0.717) is 0 Å². The average molecular weight is 431 g/mol. The average Bonchev–Trinajstić information content (AvgIpc) is 2.71. The molecular formula is C25H38N2O2S. The summed E-state index contributed by atoms with van der Waals surface area (Å²) in [5.41, 5.74) is 3.80. The van der Waals surface area contributed by atoms with Gasteiger partial charge in [0.2, 0.25) is 0 Å². The van der Waals surface area contributed by atoms with Crippen LogP contribution in [-0.4, -0.2) is 42.4 Å². The highest BCUT2D eigenvalue weighted by Gasteiger charge is 2.28. The van der Waals surface area contributed by atoms with Gasteiger partial charge in [-0.3, -0.25) is 0 Å². The molecule has 0 bridgehead atoms. The molecule has 0 heterocycles. The number of unbranched alkanes of at least 4 members (excludes halogenated alkanes) is 5. The van der Waals surface area contributed by atoms with Gasteiger partial charge in [-0.2, -0.15) is 0 Å². The van der Waals surface area contributed by atoms with Crippen molar-refractivity contribution in [2.75, 3.05) is 43.7 Å². The van der Waals surface area contributed by atoms with Crippen LogP contribution >= 0.6 is 0 Å². The molecule has 0 aliphatic heterocycles. The van der Waals surface area contributed by atoms with Crippen molar-refractivity contribution in [3.8, 4) is 0 Å². The number of nitrogens with zero attached hydrogens (tertiary/aromatic N) is 2. The van der Waals surface area contributed by atoms with E-state index in [4.69, 9.17) is 0 Å². The molecule has 0 N–H and O–H groups in total. The molecule has 2 aromatic rings. The second-order valence-electron chi connectivity index (χ2n) is 8.49. The summed E-state index contributed by atoms with van der Waals surface area (Å²) in [6, 6.07) is 15.8. The van der Waals surface area contributed by atoms with Crippen molar-refractivity contribution in [1.29, 1.82) is 0 Å². The lowest BCUT2D eigenvalue weighted by Gasteiger charge is -2.21. The third-order valence-corrected chi connectivity index (χ3v) is 7.69. The Morgan fingerprint density at radius 1 is 0.667 bits per heavy atom. The molecule has 4 nitrogen and oxygen atoms in total. The van der Waals surface area contributed by atoms with Crippen molar-refractivity contribution in [2.45, 2.75) is 50.7 Å². The van der Waals surface area contributed by atoms with Gasteiger partial charge in [0.25, 0.3) is 0 Å². The van der Waals surface area contributed by atoms with Crippen LogP contribution < -0.4 is 9.80 Å². The lowest BCUT2D eigenvalue weighted by atomic mass is 10.0. The van der Waals surface area contributed by atoms with Crippen LogP contribution in [0.3, 0.4) is 0 Å². The number of hydrogen-bond acceptors (Lipinski definition) is 4. The van der Waals surface area contributed by atoms with Gasteiger partial charge in [0.05, 0.1) is 5.75 Å². The minimum Gasteiger partial charge on any atom is -0.378 e. The monoisotopic (exact) mass is 430 g/mol. The zero-order valence-electron chi connectivity index (χ0n) is 19.3. The van der Waals surface area contributed by atoms with Crippen molar-refractivity contribution in [3.63, 3.8) is 0 Å². The fourth-order valence-electron chi connectivity index (χ4n) is 3.70. The summed E-state index contributed by atoms with van der Waals surface area (Å²) in [5, 5.41) is -0.624. The van der Waals surface area contributed by atoms with E-state index in [2.05, 4.69) is 6.92 Å². The fourth-order valence-corrected chi connectivity index (χ4v) is 5.69. The molecule has 0 unspecified atom stereocenters. The highest BCUT2D eigenvalue weighted by atomic mass is 32.2. The van der Waals surface area contributed by atoms with Gasteiger partial charge in [0, 0.05) is 39.6 Å². The van der Waals surface area contributed by atoms with Crippen molar-refractivity contribution < 1.29 is 8.42 Å². The smallest absolute Gasteiger partial charge is 0.161 e. The minimum atomic E-state index is -3.31. The lowest BCUT2D eigenvalue weighted by Crippen LogP contribution is -2.19. The summed E-state index contributed by atoms with van der Waals surface area (Å²) in [5.74, 6) is 0.231. The van der Waals surface area contributed by atoms with E-state index >= 15 is 0 Å². The molecule has 0 radical (unpaired) electrons. The van der Waals surface area contributed by atoms with Crippen LogP contribution in [0, 0.1) is 0 Å². The third kappa shape index (κ3) is 6.76. The molecule has 0 spiro atoms. The largest absolute Gasteiger partial charge is 0.378 e. The molecule has 0 aromatic heterocycles. The predicted molar refractivity (Wildman–Crippen MR) is 131 cm³/mol. The Balaban J connectivity index is 2.28. The predicted octanol–water partition coefficient (Wildman–Crippen LogP) is 5.68. The molecule has 0 aliphatic carbocycles. The maximum absolute atomic E-state index is 13.4. The van der Waals surface area contributed by atoms with Gasteiger partial charge in [-0.15, -0.1) is 0 Å². The van der Waals surface area contributed by atoms with Crippen molar-refractivity contribution in [3.05, 3.63) is 59.7 Å². The van der Waals surface area contributed by atoms with Gasteiger partial charge in [0.15, 0.2) is 9.84 Å². The first-order valence-electron chi connectivity index (χ1n) is 11.0. The maximum atomic E-state index is 13.4. The van der Waals surface area contributed by atoms with Crippen LogP contribution in [0.4, 0.5) is 11.4 Å². The second kappa shape index (κ2) is 11.4. The number of hydrogen-bond donors (Lipinski definition) is 0. The Labute approximate surface area is 183 Å². The van der Waals surface area contributed by atoms with Gasteiger partial charge < -0.3 is 9.80 Å². The SMILES string of the molecule is CCCCCCCCS(=O)(=O)C(c1ccc(N(C)C)cc1)c1ccc(N(C)C)cc1. The molecule has 0 fully saturated rings. The van der Waals surface area contributed by atoms with Crippen LogP contribution in [0.5, 0.6) is 0 Å². The quantitative estimate of drug-likeness (QED) is 0.406. The van der Waals surface area contributed by atoms with E-state index in [1.807, 2.05) is 86.5 Å². The number of benzene rings is 2. The molecule has 0 amide bonds. The van der Waals surface area contributed by atoms with Crippen LogP contribution in [0.15, 0.2) is 48.5 Å². The Bertz CT molecular complexity index is 806. The molecule has 30 heavy (non-hydrogen) atoms. The minimum absolute atomic E-state index is 0.231. The molecular weight excluding hydrogens is 392 g/mol. The van der Waals surface area contributed by atoms with E-state index < -0.39 is 15.1 Å². The van der Waals surface area contributed by atoms with Crippen molar-refractivity contribution >= 4 is 21.2 Å². The Hall–Kier alpha value is -2.01. The van der Waals surface area contributed by atoms with Gasteiger partial charge in [-0.25, -0.2) is 8.42 Å². The Morgan fingerprint density at radius 3 is 1.47 bits per heavy atom. The van der Waals surface area contributed by atoms with E-state index in [-0.39, 0.29) is 5.75 Å². The number of rotatable bonds is 12. The lowest BCUT2D eigenvalue weighted by molar-refractivity contribution is 0.577. The topological polar surface area (TPSA) is 40.6 Å². The highest BCUT2D eigenvalue weighted by Crippen LogP contribution is 2.33. The molecule has 2 rings (SSSR count). The summed E-state index contributed by atoms with van der Waals surface area (Å²) in [6.45, 7) is 2.19. The second-order valence-corrected chi connectivity index (χ2v) is 10.7. The zero-order valence-corrected chi connectivity index (χ0v) is 20.1. The fraction of sp³-hybridized carbons (Fsp3) is 0.520. The van der Waals surface area contributed by atoms with Crippen molar-refractivity contribution in [2.24, 2.45) is 0 Å². The molecule has 0 saturated heterocycles. The first kappa shape index (κ1) is 24.3. The Kier molecular flexibility index (Phi) is 9.22. The van der Waals surface area contributed by atoms with Gasteiger partial charge in [-0.05, 0) is 41.8 Å². The standard InChI is InChI=1S/C25H38N2O2S/c1-6-7-8-9-10-11-20-30(28,29)25(21-12-16-23(17-13-21)26(2)3)22-14-18-24(19-15-22)27(4)5/h12-19,25H,6-11,20H2,1-5H3. The molecule has 0 aliphatic rings. The summed E-state index contributed by atoms with van der Waals surface area (Å²) in [4.78, 5) is 4.05. The third-order valence-electron chi connectivity index (χ3n) is 5.57. The Morgan fingerprint density at radius 2 is 1.07 bits per heavy atom. The first-order valence-corrected chi connectivity index (χ1v) is 12.7. The summed E-state index contributed by atoms with van der Waals surface area (Å²) >= 11 is 0.